The van der Waals surface area contributed by atoms with Crippen LogP contribution in [0.25, 0.3) is 0 Å². The number of nitro groups is 1. The zero-order valence-corrected chi connectivity index (χ0v) is 7.19. The van der Waals surface area contributed by atoms with Gasteiger partial charge in [0.25, 0.3) is 5.69 Å². The predicted octanol–water partition coefficient (Wildman–Crippen LogP) is 1.55. The Bertz CT molecular complexity index is 391. The maximum atomic E-state index is 13.0. The fourth-order valence-electron chi connectivity index (χ4n) is 0.967. The summed E-state index contributed by atoms with van der Waals surface area (Å²) in [6.45, 7) is 0. The van der Waals surface area contributed by atoms with Crippen molar-refractivity contribution in [3.63, 3.8) is 0 Å². The van der Waals surface area contributed by atoms with Gasteiger partial charge in [-0.05, 0) is 6.07 Å². The highest BCUT2D eigenvalue weighted by atomic mass is 19.1. The predicted molar refractivity (Wildman–Crippen MR) is 45.0 cm³/mol. The minimum atomic E-state index is -0.805. The molecule has 1 rings (SSSR count). The van der Waals surface area contributed by atoms with E-state index in [4.69, 9.17) is 0 Å². The lowest BCUT2D eigenvalue weighted by atomic mass is 10.2. The van der Waals surface area contributed by atoms with Crippen molar-refractivity contribution >= 4 is 12.0 Å². The molecule has 74 valence electrons. The molecular weight excluding hydrogens is 193 g/mol. The van der Waals surface area contributed by atoms with E-state index in [9.17, 15) is 19.3 Å². The van der Waals surface area contributed by atoms with Gasteiger partial charge in [-0.15, -0.1) is 0 Å². The van der Waals surface area contributed by atoms with E-state index in [1.165, 1.54) is 7.11 Å². The first-order chi connectivity index (χ1) is 6.60. The van der Waals surface area contributed by atoms with Crippen molar-refractivity contribution in [2.75, 3.05) is 7.11 Å². The number of carbonyl (C=O) groups excluding carboxylic acids is 1. The second kappa shape index (κ2) is 3.82. The van der Waals surface area contributed by atoms with Crippen molar-refractivity contribution in [3.05, 3.63) is 33.6 Å². The van der Waals surface area contributed by atoms with Crippen molar-refractivity contribution in [2.24, 2.45) is 0 Å². The van der Waals surface area contributed by atoms with Gasteiger partial charge in [0.15, 0.2) is 17.9 Å². The number of hydrogen-bond acceptors (Lipinski definition) is 4. The molecule has 0 N–H and O–H groups in total. The number of methoxy groups -OCH3 is 1. The Morgan fingerprint density at radius 2 is 2.21 bits per heavy atom. The highest BCUT2D eigenvalue weighted by molar-refractivity contribution is 5.81. The van der Waals surface area contributed by atoms with Gasteiger partial charge < -0.3 is 4.74 Å². The average molecular weight is 199 g/mol. The summed E-state index contributed by atoms with van der Waals surface area (Å²) in [6, 6.07) is 1.64. The summed E-state index contributed by atoms with van der Waals surface area (Å²) in [5.74, 6) is -1.07. The molecule has 14 heavy (non-hydrogen) atoms. The maximum absolute atomic E-state index is 13.0. The van der Waals surface area contributed by atoms with Crippen molar-refractivity contribution in [1.82, 2.24) is 0 Å². The lowest BCUT2D eigenvalue weighted by molar-refractivity contribution is -0.385. The number of rotatable bonds is 3. The van der Waals surface area contributed by atoms with Gasteiger partial charge in [0.2, 0.25) is 0 Å². The van der Waals surface area contributed by atoms with Crippen LogP contribution in [0.1, 0.15) is 10.4 Å². The molecule has 0 spiro atoms. The number of nitrogens with zero attached hydrogens (tertiary/aromatic N) is 1. The Morgan fingerprint density at radius 3 is 2.64 bits per heavy atom. The fraction of sp³-hybridized carbons (Fsp3) is 0.125. The Kier molecular flexibility index (Phi) is 2.76. The average Bonchev–Trinajstić information content (AvgIpc) is 2.16. The Morgan fingerprint density at radius 1 is 1.57 bits per heavy atom. The molecule has 0 unspecified atom stereocenters. The lowest BCUT2D eigenvalue weighted by Crippen LogP contribution is -1.97. The Hall–Kier alpha value is -1.98. The molecule has 1 aromatic rings. The number of ether oxygens (including phenoxy) is 1. The molecule has 0 fully saturated rings. The lowest BCUT2D eigenvalue weighted by Gasteiger charge is -2.02. The topological polar surface area (TPSA) is 69.4 Å². The molecule has 0 atom stereocenters. The third-order valence-corrected chi connectivity index (χ3v) is 1.62. The van der Waals surface area contributed by atoms with E-state index in [1.54, 1.807) is 0 Å². The molecule has 0 radical (unpaired) electrons. The number of halogens is 1. The standard InChI is InChI=1S/C8H6FNO4/c1-14-8-3-7(10(12)13)5(4-11)2-6(8)9/h2-4H,1H3. The third-order valence-electron chi connectivity index (χ3n) is 1.62. The summed E-state index contributed by atoms with van der Waals surface area (Å²) in [6.07, 6.45) is 0.223. The number of aldehydes is 1. The van der Waals surface area contributed by atoms with E-state index in [0.717, 1.165) is 12.1 Å². The monoisotopic (exact) mass is 199 g/mol. The summed E-state index contributed by atoms with van der Waals surface area (Å²) in [5.41, 5.74) is -0.786. The van der Waals surface area contributed by atoms with Gasteiger partial charge >= 0.3 is 0 Å². The normalized spacial score (nSPS) is 9.57. The molecule has 6 heteroatoms. The third kappa shape index (κ3) is 1.68. The van der Waals surface area contributed by atoms with Gasteiger partial charge in [-0.2, -0.15) is 0 Å². The van der Waals surface area contributed by atoms with Crippen LogP contribution in [0.4, 0.5) is 10.1 Å². The number of benzene rings is 1. The summed E-state index contributed by atoms with van der Waals surface area (Å²) < 4.78 is 17.5. The smallest absolute Gasteiger partial charge is 0.283 e. The summed E-state index contributed by atoms with van der Waals surface area (Å²) in [4.78, 5) is 20.0. The zero-order chi connectivity index (χ0) is 10.7. The number of carbonyl (C=O) groups is 1. The first-order valence-electron chi connectivity index (χ1n) is 3.57. The minimum Gasteiger partial charge on any atom is -0.493 e. The van der Waals surface area contributed by atoms with E-state index in [2.05, 4.69) is 4.74 Å². The van der Waals surface area contributed by atoms with Gasteiger partial charge in [-0.25, -0.2) is 4.39 Å². The molecule has 5 nitrogen and oxygen atoms in total. The molecule has 1 aromatic carbocycles. The van der Waals surface area contributed by atoms with E-state index < -0.39 is 16.4 Å². The van der Waals surface area contributed by atoms with Crippen LogP contribution in [0.5, 0.6) is 5.75 Å². The van der Waals surface area contributed by atoms with Crippen LogP contribution in [0.2, 0.25) is 0 Å². The van der Waals surface area contributed by atoms with Crippen LogP contribution in [0.15, 0.2) is 12.1 Å². The van der Waals surface area contributed by atoms with Crippen molar-refractivity contribution in [1.29, 1.82) is 0 Å². The summed E-state index contributed by atoms with van der Waals surface area (Å²) in [7, 11) is 1.18. The first kappa shape index (κ1) is 10.1. The highest BCUT2D eigenvalue weighted by Gasteiger charge is 2.18. The van der Waals surface area contributed by atoms with Gasteiger partial charge in [0.1, 0.15) is 0 Å². The number of nitro benzene ring substituents is 1. The highest BCUT2D eigenvalue weighted by Crippen LogP contribution is 2.26. The van der Waals surface area contributed by atoms with E-state index >= 15 is 0 Å². The zero-order valence-electron chi connectivity index (χ0n) is 7.19. The summed E-state index contributed by atoms with van der Waals surface area (Å²) >= 11 is 0. The van der Waals surface area contributed by atoms with Crippen LogP contribution in [0, 0.1) is 15.9 Å². The molecular formula is C8H6FNO4. The fourth-order valence-corrected chi connectivity index (χ4v) is 0.967. The SMILES string of the molecule is COc1cc([N+](=O)[O-])c(C=O)cc1F. The van der Waals surface area contributed by atoms with Gasteiger partial charge in [0.05, 0.1) is 23.7 Å². The van der Waals surface area contributed by atoms with Gasteiger partial charge in [-0.1, -0.05) is 0 Å². The molecule has 0 bridgehead atoms. The quantitative estimate of drug-likeness (QED) is 0.420. The van der Waals surface area contributed by atoms with Gasteiger partial charge in [-0.3, -0.25) is 14.9 Å². The molecule has 0 aromatic heterocycles. The van der Waals surface area contributed by atoms with Crippen LogP contribution in [-0.2, 0) is 0 Å². The molecule has 0 aliphatic rings. The molecule has 0 aliphatic carbocycles. The van der Waals surface area contributed by atoms with Crippen LogP contribution < -0.4 is 4.74 Å². The van der Waals surface area contributed by atoms with Crippen molar-refractivity contribution in [2.45, 2.75) is 0 Å². The molecule has 0 heterocycles. The molecule has 0 aliphatic heterocycles. The largest absolute Gasteiger partial charge is 0.493 e. The van der Waals surface area contributed by atoms with Crippen molar-refractivity contribution in [3.8, 4) is 5.75 Å². The van der Waals surface area contributed by atoms with Crippen LogP contribution in [0.3, 0.4) is 0 Å². The second-order valence-corrected chi connectivity index (χ2v) is 2.42. The van der Waals surface area contributed by atoms with E-state index in [-0.39, 0.29) is 17.6 Å². The van der Waals surface area contributed by atoms with Crippen molar-refractivity contribution < 1.29 is 18.8 Å². The van der Waals surface area contributed by atoms with Crippen LogP contribution in [-0.4, -0.2) is 18.3 Å². The Labute approximate surface area is 78.3 Å². The van der Waals surface area contributed by atoms with Crippen LogP contribution >= 0.6 is 0 Å². The second-order valence-electron chi connectivity index (χ2n) is 2.42. The number of hydrogen-bond donors (Lipinski definition) is 0. The van der Waals surface area contributed by atoms with E-state index in [1.807, 2.05) is 0 Å². The minimum absolute atomic E-state index is 0.223. The van der Waals surface area contributed by atoms with E-state index in [0.29, 0.717) is 0 Å². The van der Waals surface area contributed by atoms with Gasteiger partial charge in [0, 0.05) is 0 Å². The summed E-state index contributed by atoms with van der Waals surface area (Å²) in [5, 5.41) is 10.4. The molecule has 0 amide bonds. The first-order valence-corrected chi connectivity index (χ1v) is 3.57. The molecule has 0 saturated heterocycles. The Balaban J connectivity index is 3.39. The molecule has 0 saturated carbocycles. The maximum Gasteiger partial charge on any atom is 0.283 e.